The van der Waals surface area contributed by atoms with Gasteiger partial charge in [0, 0.05) is 25.7 Å². The summed E-state index contributed by atoms with van der Waals surface area (Å²) in [5, 5.41) is 0. The zero-order valence-corrected chi connectivity index (χ0v) is 17.7. The van der Waals surface area contributed by atoms with Gasteiger partial charge in [-0.25, -0.2) is 0 Å². The number of rotatable bonds is 2. The van der Waals surface area contributed by atoms with E-state index < -0.39 is 6.10 Å². The molecule has 5 nitrogen and oxygen atoms in total. The van der Waals surface area contributed by atoms with Gasteiger partial charge in [0.15, 0.2) is 11.9 Å². The summed E-state index contributed by atoms with van der Waals surface area (Å²) in [6.07, 6.45) is 7.46. The summed E-state index contributed by atoms with van der Waals surface area (Å²) >= 11 is 0. The molecule has 0 spiro atoms. The summed E-state index contributed by atoms with van der Waals surface area (Å²) in [5.74, 6) is 1.68. The number of ether oxygens (including phenoxy) is 2. The van der Waals surface area contributed by atoms with Crippen LogP contribution >= 0.6 is 0 Å². The maximum Gasteiger partial charge on any atom is 0.303 e. The van der Waals surface area contributed by atoms with E-state index in [4.69, 9.17) is 9.47 Å². The Morgan fingerprint density at radius 3 is 2.25 bits per heavy atom. The zero-order valence-electron chi connectivity index (χ0n) is 17.7. The Hall–Kier alpha value is -1.39. The second-order valence-electron chi connectivity index (χ2n) is 10.4. The van der Waals surface area contributed by atoms with Gasteiger partial charge in [-0.3, -0.25) is 14.4 Å². The van der Waals surface area contributed by atoms with Crippen LogP contribution in [-0.2, 0) is 23.9 Å². The topological polar surface area (TPSA) is 69.7 Å². The number of fused-ring (bicyclic) bond motifs is 5. The molecule has 156 valence electrons. The third kappa shape index (κ3) is 3.00. The van der Waals surface area contributed by atoms with E-state index in [9.17, 15) is 14.4 Å². The predicted molar refractivity (Wildman–Crippen MR) is 103 cm³/mol. The molecule has 0 unspecified atom stereocenters. The van der Waals surface area contributed by atoms with Crippen molar-refractivity contribution in [1.82, 2.24) is 0 Å². The van der Waals surface area contributed by atoms with E-state index in [1.165, 1.54) is 13.8 Å². The largest absolute Gasteiger partial charge is 0.463 e. The summed E-state index contributed by atoms with van der Waals surface area (Å²) in [7, 11) is 0. The maximum atomic E-state index is 12.7. The Balaban J connectivity index is 1.54. The van der Waals surface area contributed by atoms with Gasteiger partial charge in [0.05, 0.1) is 0 Å². The summed E-state index contributed by atoms with van der Waals surface area (Å²) in [5.41, 5.74) is 0.0610. The van der Waals surface area contributed by atoms with Crippen molar-refractivity contribution in [3.05, 3.63) is 0 Å². The Kier molecular flexibility index (Phi) is 4.86. The van der Waals surface area contributed by atoms with Gasteiger partial charge < -0.3 is 9.47 Å². The second-order valence-corrected chi connectivity index (χ2v) is 10.4. The van der Waals surface area contributed by atoms with E-state index in [0.29, 0.717) is 30.1 Å². The molecule has 0 aromatic rings. The average Bonchev–Trinajstić information content (AvgIpc) is 2.85. The lowest BCUT2D eigenvalue weighted by Crippen LogP contribution is -2.55. The smallest absolute Gasteiger partial charge is 0.303 e. The normalized spacial score (nSPS) is 47.5. The predicted octanol–water partition coefficient (Wildman–Crippen LogP) is 4.07. The first-order valence-corrected chi connectivity index (χ1v) is 11.0. The molecule has 0 radical (unpaired) electrons. The Morgan fingerprint density at radius 2 is 1.57 bits per heavy atom. The van der Waals surface area contributed by atoms with Crippen LogP contribution in [-0.4, -0.2) is 29.9 Å². The van der Waals surface area contributed by atoms with Crippen molar-refractivity contribution in [2.45, 2.75) is 91.3 Å². The highest BCUT2D eigenvalue weighted by Gasteiger charge is 2.63. The van der Waals surface area contributed by atoms with Crippen LogP contribution in [0.15, 0.2) is 0 Å². The van der Waals surface area contributed by atoms with Crippen molar-refractivity contribution < 1.29 is 23.9 Å². The SMILES string of the molecule is CC(=O)O[C@@H]1CC[C@@]2(C)[C@@H](CC[C@@H]3[C@@H]2CC[C@]2(C)[C@@H](OC(C)=O)C(=O)C[C@@H]32)C1. The van der Waals surface area contributed by atoms with Gasteiger partial charge in [0.1, 0.15) is 6.10 Å². The fourth-order valence-corrected chi connectivity index (χ4v) is 7.68. The highest BCUT2D eigenvalue weighted by Crippen LogP contribution is 2.66. The van der Waals surface area contributed by atoms with E-state index in [0.717, 1.165) is 44.9 Å². The molecule has 0 saturated heterocycles. The van der Waals surface area contributed by atoms with Crippen molar-refractivity contribution in [1.29, 1.82) is 0 Å². The number of ketones is 1. The molecule has 0 heterocycles. The zero-order chi connectivity index (χ0) is 20.3. The number of hydrogen-bond acceptors (Lipinski definition) is 5. The molecule has 4 aliphatic carbocycles. The van der Waals surface area contributed by atoms with Gasteiger partial charge in [0.25, 0.3) is 0 Å². The molecule has 28 heavy (non-hydrogen) atoms. The lowest BCUT2D eigenvalue weighted by atomic mass is 9.45. The van der Waals surface area contributed by atoms with E-state index in [1.807, 2.05) is 0 Å². The maximum absolute atomic E-state index is 12.7. The van der Waals surface area contributed by atoms with Crippen molar-refractivity contribution in [3.8, 4) is 0 Å². The first-order valence-electron chi connectivity index (χ1n) is 11.0. The van der Waals surface area contributed by atoms with Crippen LogP contribution in [0, 0.1) is 34.5 Å². The fourth-order valence-electron chi connectivity index (χ4n) is 7.68. The van der Waals surface area contributed by atoms with E-state index in [2.05, 4.69) is 13.8 Å². The average molecular weight is 391 g/mol. The molecular formula is C23H34O5. The minimum Gasteiger partial charge on any atom is -0.463 e. The van der Waals surface area contributed by atoms with Crippen LogP contribution < -0.4 is 0 Å². The third-order valence-corrected chi connectivity index (χ3v) is 8.98. The van der Waals surface area contributed by atoms with E-state index in [1.54, 1.807) is 0 Å². The minimum atomic E-state index is -0.554. The number of esters is 2. The van der Waals surface area contributed by atoms with Crippen LogP contribution in [0.1, 0.15) is 79.1 Å². The van der Waals surface area contributed by atoms with Crippen molar-refractivity contribution in [2.24, 2.45) is 34.5 Å². The Labute approximate surface area is 167 Å². The van der Waals surface area contributed by atoms with Gasteiger partial charge in [-0.1, -0.05) is 13.8 Å². The number of carbonyl (C=O) groups excluding carboxylic acids is 3. The molecule has 0 N–H and O–H groups in total. The quantitative estimate of drug-likeness (QED) is 0.665. The van der Waals surface area contributed by atoms with Gasteiger partial charge in [-0.2, -0.15) is 0 Å². The van der Waals surface area contributed by atoms with Crippen LogP contribution in [0.3, 0.4) is 0 Å². The van der Waals surface area contributed by atoms with Crippen LogP contribution in [0.5, 0.6) is 0 Å². The van der Waals surface area contributed by atoms with E-state index >= 15 is 0 Å². The van der Waals surface area contributed by atoms with Gasteiger partial charge in [-0.15, -0.1) is 0 Å². The van der Waals surface area contributed by atoms with Crippen LogP contribution in [0.2, 0.25) is 0 Å². The summed E-state index contributed by atoms with van der Waals surface area (Å²) in [4.78, 5) is 35.7. The van der Waals surface area contributed by atoms with Gasteiger partial charge in [-0.05, 0) is 74.0 Å². The van der Waals surface area contributed by atoms with E-state index in [-0.39, 0.29) is 34.7 Å². The van der Waals surface area contributed by atoms with Crippen molar-refractivity contribution in [3.63, 3.8) is 0 Å². The Morgan fingerprint density at radius 1 is 0.893 bits per heavy atom. The molecule has 4 aliphatic rings. The number of carbonyl (C=O) groups is 3. The molecule has 8 atom stereocenters. The van der Waals surface area contributed by atoms with Crippen LogP contribution in [0.4, 0.5) is 0 Å². The fraction of sp³-hybridized carbons (Fsp3) is 0.870. The molecule has 4 rings (SSSR count). The minimum absolute atomic E-state index is 0.0717. The first kappa shape index (κ1) is 19.9. The molecule has 5 heteroatoms. The standard InChI is InChI=1S/C23H34O5/c1-13(24)27-16-7-9-22(3)15(11-16)5-6-17-18(22)8-10-23(4)19(17)12-20(26)21(23)28-14(2)25/h15-19,21H,5-12H2,1-4H3/t15-,16+,17+,18-,19-,21-,22-,23-/m0/s1. The number of Topliss-reactive ketones (excluding diaryl/α,β-unsaturated/α-hetero) is 1. The molecule has 0 aromatic carbocycles. The first-order chi connectivity index (χ1) is 13.1. The van der Waals surface area contributed by atoms with Crippen LogP contribution in [0.25, 0.3) is 0 Å². The molecule has 0 amide bonds. The lowest BCUT2D eigenvalue weighted by molar-refractivity contribution is -0.169. The molecule has 0 aliphatic heterocycles. The summed E-state index contributed by atoms with van der Waals surface area (Å²) in [6, 6.07) is 0. The Bertz CT molecular complexity index is 686. The van der Waals surface area contributed by atoms with Gasteiger partial charge >= 0.3 is 11.9 Å². The van der Waals surface area contributed by atoms with Crippen molar-refractivity contribution >= 4 is 17.7 Å². The third-order valence-electron chi connectivity index (χ3n) is 8.98. The molecule has 0 bridgehead atoms. The van der Waals surface area contributed by atoms with Gasteiger partial charge in [0.2, 0.25) is 0 Å². The number of hydrogen-bond donors (Lipinski definition) is 0. The molecule has 4 saturated carbocycles. The molecule has 0 aromatic heterocycles. The second kappa shape index (κ2) is 6.84. The molecular weight excluding hydrogens is 356 g/mol. The molecule has 4 fully saturated rings. The lowest BCUT2D eigenvalue weighted by Gasteiger charge is -2.60. The summed E-state index contributed by atoms with van der Waals surface area (Å²) < 4.78 is 11.1. The summed E-state index contributed by atoms with van der Waals surface area (Å²) in [6.45, 7) is 7.53. The highest BCUT2D eigenvalue weighted by atomic mass is 16.5. The highest BCUT2D eigenvalue weighted by molar-refractivity contribution is 5.89. The monoisotopic (exact) mass is 390 g/mol. The van der Waals surface area contributed by atoms with Crippen molar-refractivity contribution in [2.75, 3.05) is 0 Å².